The van der Waals surface area contributed by atoms with Crippen molar-refractivity contribution in [2.75, 3.05) is 19.8 Å². The lowest BCUT2D eigenvalue weighted by Crippen LogP contribution is -2.40. The number of aryl methyl sites for hydroxylation is 1. The molecule has 0 bridgehead atoms. The summed E-state index contributed by atoms with van der Waals surface area (Å²) in [5.41, 5.74) is 2.00. The van der Waals surface area contributed by atoms with E-state index in [1.807, 2.05) is 44.0 Å². The topological polar surface area (TPSA) is 71.9 Å². The zero-order valence-electron chi connectivity index (χ0n) is 13.6. The Morgan fingerprint density at radius 2 is 2.25 bits per heavy atom. The van der Waals surface area contributed by atoms with Gasteiger partial charge in [-0.25, -0.2) is 9.97 Å². The van der Waals surface area contributed by atoms with E-state index in [0.717, 1.165) is 42.6 Å². The highest BCUT2D eigenvalue weighted by atomic mass is 16.5. The van der Waals surface area contributed by atoms with Gasteiger partial charge in [-0.15, -0.1) is 0 Å². The van der Waals surface area contributed by atoms with E-state index < -0.39 is 0 Å². The molecule has 0 unspecified atom stereocenters. The Balaban J connectivity index is 1.57. The Hall–Kier alpha value is -2.51. The molecule has 0 amide bonds. The molecule has 24 heavy (non-hydrogen) atoms. The zero-order chi connectivity index (χ0) is 16.4. The van der Waals surface area contributed by atoms with Crippen molar-refractivity contribution in [3.05, 3.63) is 54.8 Å². The van der Waals surface area contributed by atoms with Crippen molar-refractivity contribution in [3.8, 4) is 11.3 Å². The second-order valence-corrected chi connectivity index (χ2v) is 5.94. The van der Waals surface area contributed by atoms with Gasteiger partial charge in [-0.05, 0) is 12.1 Å². The normalized spacial score (nSPS) is 18.8. The first-order chi connectivity index (χ1) is 11.8. The summed E-state index contributed by atoms with van der Waals surface area (Å²) in [6.45, 7) is 3.00. The van der Waals surface area contributed by atoms with E-state index in [4.69, 9.17) is 4.74 Å². The van der Waals surface area contributed by atoms with Crippen molar-refractivity contribution in [2.45, 2.75) is 12.6 Å². The maximum Gasteiger partial charge on any atom is 0.126 e. The Bertz CT molecular complexity index is 796. The van der Waals surface area contributed by atoms with Crippen LogP contribution in [0.3, 0.4) is 0 Å². The molecule has 4 heterocycles. The number of H-pyrrole nitrogens is 1. The summed E-state index contributed by atoms with van der Waals surface area (Å²) in [6, 6.07) is 4.04. The molecule has 7 heteroatoms. The molecule has 3 aromatic rings. The van der Waals surface area contributed by atoms with E-state index in [2.05, 4.69) is 29.4 Å². The van der Waals surface area contributed by atoms with E-state index >= 15 is 0 Å². The van der Waals surface area contributed by atoms with Gasteiger partial charge in [0.25, 0.3) is 0 Å². The molecule has 0 spiro atoms. The first-order valence-electron chi connectivity index (χ1n) is 8.04. The molecule has 3 aromatic heterocycles. The van der Waals surface area contributed by atoms with Gasteiger partial charge in [0.05, 0.1) is 37.7 Å². The largest absolute Gasteiger partial charge is 0.378 e. The standard InChI is InChI=1S/C17H20N6O/c1-22-6-5-19-16(22)11-23-7-8-24-12-15(23)17-20-10-14(21-17)13-3-2-4-18-9-13/h2-6,9-10,15H,7-8,11-12H2,1H3,(H,20,21)/t15-/m0/s1. The van der Waals surface area contributed by atoms with E-state index in [-0.39, 0.29) is 6.04 Å². The maximum atomic E-state index is 5.69. The molecule has 1 fully saturated rings. The van der Waals surface area contributed by atoms with Crippen LogP contribution in [-0.2, 0) is 18.3 Å². The molecule has 0 aromatic carbocycles. The van der Waals surface area contributed by atoms with Crippen molar-refractivity contribution < 1.29 is 4.74 Å². The van der Waals surface area contributed by atoms with E-state index in [1.165, 1.54) is 0 Å². The number of aromatic amines is 1. The van der Waals surface area contributed by atoms with Crippen LogP contribution in [0.2, 0.25) is 0 Å². The third kappa shape index (κ3) is 2.95. The molecule has 0 radical (unpaired) electrons. The van der Waals surface area contributed by atoms with Crippen LogP contribution in [0.1, 0.15) is 17.7 Å². The maximum absolute atomic E-state index is 5.69. The first kappa shape index (κ1) is 15.0. The third-order valence-corrected chi connectivity index (χ3v) is 4.39. The molecule has 1 N–H and O–H groups in total. The van der Waals surface area contributed by atoms with Gasteiger partial charge in [0.2, 0.25) is 0 Å². The summed E-state index contributed by atoms with van der Waals surface area (Å²) in [5, 5.41) is 0. The zero-order valence-corrected chi connectivity index (χ0v) is 13.6. The molecule has 1 aliphatic heterocycles. The number of nitrogens with one attached hydrogen (secondary N) is 1. The highest BCUT2D eigenvalue weighted by molar-refractivity contribution is 5.56. The molecule has 1 aliphatic rings. The van der Waals surface area contributed by atoms with Crippen LogP contribution in [0.25, 0.3) is 11.3 Å². The Morgan fingerprint density at radius 3 is 3.04 bits per heavy atom. The molecule has 1 saturated heterocycles. The SMILES string of the molecule is Cn1ccnc1CN1CCOC[C@H]1c1ncc(-c2cccnc2)[nH]1. The minimum absolute atomic E-state index is 0.0980. The minimum atomic E-state index is 0.0980. The Morgan fingerprint density at radius 1 is 1.29 bits per heavy atom. The Labute approximate surface area is 140 Å². The van der Waals surface area contributed by atoms with Gasteiger partial charge in [-0.3, -0.25) is 9.88 Å². The molecule has 0 saturated carbocycles. The lowest BCUT2D eigenvalue weighted by molar-refractivity contribution is -0.0170. The summed E-state index contributed by atoms with van der Waals surface area (Å²) < 4.78 is 7.74. The summed E-state index contributed by atoms with van der Waals surface area (Å²) >= 11 is 0. The monoisotopic (exact) mass is 324 g/mol. The average molecular weight is 324 g/mol. The van der Waals surface area contributed by atoms with Crippen LogP contribution in [-0.4, -0.2) is 49.2 Å². The number of imidazole rings is 2. The van der Waals surface area contributed by atoms with Gasteiger partial charge in [-0.2, -0.15) is 0 Å². The van der Waals surface area contributed by atoms with Gasteiger partial charge in [0, 0.05) is 43.9 Å². The van der Waals surface area contributed by atoms with E-state index in [9.17, 15) is 0 Å². The molecule has 4 rings (SSSR count). The number of aromatic nitrogens is 5. The lowest BCUT2D eigenvalue weighted by atomic mass is 10.2. The number of morpholine rings is 1. The van der Waals surface area contributed by atoms with Crippen LogP contribution >= 0.6 is 0 Å². The minimum Gasteiger partial charge on any atom is -0.378 e. The molecule has 124 valence electrons. The average Bonchev–Trinajstić information content (AvgIpc) is 3.26. The highest BCUT2D eigenvalue weighted by Gasteiger charge is 2.28. The van der Waals surface area contributed by atoms with Gasteiger partial charge >= 0.3 is 0 Å². The molecule has 1 atom stereocenters. The second kappa shape index (κ2) is 6.54. The predicted octanol–water partition coefficient (Wildman–Crippen LogP) is 1.78. The first-order valence-corrected chi connectivity index (χ1v) is 8.04. The predicted molar refractivity (Wildman–Crippen MR) is 89.0 cm³/mol. The molecular weight excluding hydrogens is 304 g/mol. The smallest absolute Gasteiger partial charge is 0.126 e. The van der Waals surface area contributed by atoms with Gasteiger partial charge < -0.3 is 14.3 Å². The van der Waals surface area contributed by atoms with Crippen LogP contribution in [0.5, 0.6) is 0 Å². The van der Waals surface area contributed by atoms with Crippen molar-refractivity contribution in [2.24, 2.45) is 7.05 Å². The highest BCUT2D eigenvalue weighted by Crippen LogP contribution is 2.25. The number of ether oxygens (including phenoxy) is 1. The molecule has 7 nitrogen and oxygen atoms in total. The van der Waals surface area contributed by atoms with Crippen molar-refractivity contribution in [3.63, 3.8) is 0 Å². The van der Waals surface area contributed by atoms with E-state index in [0.29, 0.717) is 6.61 Å². The quantitative estimate of drug-likeness (QED) is 0.792. The molecule has 0 aliphatic carbocycles. The molecular formula is C17H20N6O. The summed E-state index contributed by atoms with van der Waals surface area (Å²) in [7, 11) is 2.02. The number of nitrogens with zero attached hydrogens (tertiary/aromatic N) is 5. The fourth-order valence-electron chi connectivity index (χ4n) is 2.98. The number of hydrogen-bond donors (Lipinski definition) is 1. The van der Waals surface area contributed by atoms with Crippen molar-refractivity contribution in [1.82, 2.24) is 29.4 Å². The van der Waals surface area contributed by atoms with Crippen LogP contribution in [0.15, 0.2) is 43.1 Å². The van der Waals surface area contributed by atoms with Crippen LogP contribution < -0.4 is 0 Å². The summed E-state index contributed by atoms with van der Waals surface area (Å²) in [6.07, 6.45) is 9.26. The number of rotatable bonds is 4. The van der Waals surface area contributed by atoms with Crippen LogP contribution in [0, 0.1) is 0 Å². The Kier molecular flexibility index (Phi) is 4.10. The fourth-order valence-corrected chi connectivity index (χ4v) is 2.98. The van der Waals surface area contributed by atoms with Gasteiger partial charge in [-0.1, -0.05) is 0 Å². The third-order valence-electron chi connectivity index (χ3n) is 4.39. The summed E-state index contributed by atoms with van der Waals surface area (Å²) in [5.74, 6) is 1.96. The summed E-state index contributed by atoms with van der Waals surface area (Å²) in [4.78, 5) is 19.0. The number of hydrogen-bond acceptors (Lipinski definition) is 5. The van der Waals surface area contributed by atoms with Gasteiger partial charge in [0.1, 0.15) is 11.6 Å². The fraction of sp³-hybridized carbons (Fsp3) is 0.353. The van der Waals surface area contributed by atoms with Crippen molar-refractivity contribution >= 4 is 0 Å². The second-order valence-electron chi connectivity index (χ2n) is 5.94. The van der Waals surface area contributed by atoms with E-state index in [1.54, 1.807) is 6.20 Å². The van der Waals surface area contributed by atoms with Gasteiger partial charge in [0.15, 0.2) is 0 Å². The van der Waals surface area contributed by atoms with Crippen LogP contribution in [0.4, 0.5) is 0 Å². The lowest BCUT2D eigenvalue weighted by Gasteiger charge is -2.34. The number of pyridine rings is 1. The van der Waals surface area contributed by atoms with Crippen molar-refractivity contribution in [1.29, 1.82) is 0 Å².